The molecule has 0 atom stereocenters. The number of benzene rings is 3. The molecule has 0 radical (unpaired) electrons. The highest BCUT2D eigenvalue weighted by Crippen LogP contribution is 2.32. The molecular formula is C22H16Cl2N2O5S. The van der Waals surface area contributed by atoms with Crippen LogP contribution in [0.1, 0.15) is 10.6 Å². The normalized spacial score (nSPS) is 11.3. The molecule has 2 N–H and O–H groups in total. The molecule has 3 aromatic carbocycles. The van der Waals surface area contributed by atoms with Gasteiger partial charge in [-0.2, -0.15) is 0 Å². The lowest BCUT2D eigenvalue weighted by molar-refractivity contribution is 0.0998. The van der Waals surface area contributed by atoms with Crippen LogP contribution in [0.4, 0.5) is 11.4 Å². The molecule has 1 aromatic heterocycles. The smallest absolute Gasteiger partial charge is 0.291 e. The Kier molecular flexibility index (Phi) is 6.01. The predicted octanol–water partition coefficient (Wildman–Crippen LogP) is 5.80. The van der Waals surface area contributed by atoms with Crippen LogP contribution in [0.5, 0.6) is 5.75 Å². The van der Waals surface area contributed by atoms with Crippen molar-refractivity contribution >= 4 is 61.5 Å². The lowest BCUT2D eigenvalue weighted by Gasteiger charge is -2.11. The fraction of sp³-hybridized carbons (Fsp3) is 0.0455. The van der Waals surface area contributed by atoms with E-state index in [-0.39, 0.29) is 26.4 Å². The van der Waals surface area contributed by atoms with Crippen LogP contribution in [-0.4, -0.2) is 21.4 Å². The number of fused-ring (bicyclic) bond motifs is 1. The Morgan fingerprint density at radius 1 is 1.00 bits per heavy atom. The van der Waals surface area contributed by atoms with Crippen LogP contribution in [0.15, 0.2) is 76.0 Å². The largest absolute Gasteiger partial charge is 0.493 e. The number of carbonyl (C=O) groups is 1. The van der Waals surface area contributed by atoms with Gasteiger partial charge in [0, 0.05) is 11.1 Å². The van der Waals surface area contributed by atoms with Gasteiger partial charge in [-0.15, -0.1) is 0 Å². The molecular weight excluding hydrogens is 475 g/mol. The van der Waals surface area contributed by atoms with Crippen molar-refractivity contribution in [3.05, 3.63) is 82.5 Å². The molecule has 4 rings (SSSR count). The van der Waals surface area contributed by atoms with Crippen LogP contribution in [0, 0.1) is 0 Å². The van der Waals surface area contributed by atoms with E-state index in [9.17, 15) is 13.2 Å². The van der Waals surface area contributed by atoms with Crippen molar-refractivity contribution in [3.63, 3.8) is 0 Å². The summed E-state index contributed by atoms with van der Waals surface area (Å²) in [5.41, 5.74) is 1.02. The van der Waals surface area contributed by atoms with Crippen molar-refractivity contribution in [1.82, 2.24) is 0 Å². The third-order valence-electron chi connectivity index (χ3n) is 4.57. The van der Waals surface area contributed by atoms with Crippen molar-refractivity contribution in [2.24, 2.45) is 0 Å². The van der Waals surface area contributed by atoms with Gasteiger partial charge in [0.2, 0.25) is 0 Å². The van der Waals surface area contributed by atoms with Gasteiger partial charge in [-0.05, 0) is 48.5 Å². The van der Waals surface area contributed by atoms with Gasteiger partial charge >= 0.3 is 0 Å². The number of ether oxygens (including phenoxy) is 1. The van der Waals surface area contributed by atoms with Crippen LogP contribution in [0.25, 0.3) is 11.0 Å². The molecule has 0 saturated carbocycles. The maximum atomic E-state index is 12.7. The van der Waals surface area contributed by atoms with E-state index < -0.39 is 15.9 Å². The monoisotopic (exact) mass is 490 g/mol. The number of para-hydroxylation sites is 1. The van der Waals surface area contributed by atoms with E-state index in [0.29, 0.717) is 17.0 Å². The molecule has 0 bridgehead atoms. The molecule has 0 fully saturated rings. The van der Waals surface area contributed by atoms with Gasteiger partial charge in [0.25, 0.3) is 15.9 Å². The van der Waals surface area contributed by atoms with E-state index in [1.54, 1.807) is 36.4 Å². The quantitative estimate of drug-likeness (QED) is 0.355. The number of methoxy groups -OCH3 is 1. The first-order valence-electron chi connectivity index (χ1n) is 9.23. The van der Waals surface area contributed by atoms with Crippen molar-refractivity contribution in [3.8, 4) is 5.75 Å². The third-order valence-corrected chi connectivity index (χ3v) is 6.77. The maximum Gasteiger partial charge on any atom is 0.291 e. The Hall–Kier alpha value is -3.20. The topological polar surface area (TPSA) is 97.6 Å². The molecule has 4 aromatic rings. The molecule has 164 valence electrons. The lowest BCUT2D eigenvalue weighted by atomic mass is 10.2. The number of nitrogens with one attached hydrogen (secondary N) is 2. The van der Waals surface area contributed by atoms with Gasteiger partial charge in [0.1, 0.15) is 0 Å². The van der Waals surface area contributed by atoms with Crippen molar-refractivity contribution < 1.29 is 22.4 Å². The second kappa shape index (κ2) is 8.74. The first kappa shape index (κ1) is 22.0. The number of carbonyl (C=O) groups excluding carboxylic acids is 1. The van der Waals surface area contributed by atoms with E-state index in [0.717, 1.165) is 5.39 Å². The number of amides is 1. The highest BCUT2D eigenvalue weighted by molar-refractivity contribution is 7.92. The summed E-state index contributed by atoms with van der Waals surface area (Å²) in [6.45, 7) is 0. The summed E-state index contributed by atoms with van der Waals surface area (Å²) >= 11 is 12.0. The van der Waals surface area contributed by atoms with Gasteiger partial charge in [0.05, 0.1) is 27.7 Å². The number of furan rings is 1. The Balaban J connectivity index is 1.51. The molecule has 0 aliphatic carbocycles. The zero-order chi connectivity index (χ0) is 22.9. The first-order valence-corrected chi connectivity index (χ1v) is 11.5. The Morgan fingerprint density at radius 2 is 1.72 bits per heavy atom. The summed E-state index contributed by atoms with van der Waals surface area (Å²) < 4.78 is 38.6. The van der Waals surface area contributed by atoms with Crippen molar-refractivity contribution in [2.45, 2.75) is 4.90 Å². The maximum absolute atomic E-state index is 12.7. The molecule has 32 heavy (non-hydrogen) atoms. The molecule has 1 amide bonds. The van der Waals surface area contributed by atoms with E-state index >= 15 is 0 Å². The zero-order valence-electron chi connectivity index (χ0n) is 16.6. The Morgan fingerprint density at radius 3 is 2.44 bits per heavy atom. The average Bonchev–Trinajstić information content (AvgIpc) is 3.22. The minimum atomic E-state index is -3.91. The van der Waals surface area contributed by atoms with Gasteiger partial charge in [-0.25, -0.2) is 8.42 Å². The summed E-state index contributed by atoms with van der Waals surface area (Å²) in [5.74, 6) is 0.129. The van der Waals surface area contributed by atoms with Crippen LogP contribution in [0.3, 0.4) is 0 Å². The fourth-order valence-corrected chi connectivity index (χ4v) is 4.48. The van der Waals surface area contributed by atoms with Crippen LogP contribution in [0.2, 0.25) is 10.0 Å². The molecule has 1 heterocycles. The minimum absolute atomic E-state index is 0.0139. The second-order valence-electron chi connectivity index (χ2n) is 6.67. The number of hydrogen-bond donors (Lipinski definition) is 2. The molecule has 0 aliphatic rings. The molecule has 0 unspecified atom stereocenters. The van der Waals surface area contributed by atoms with E-state index in [1.165, 1.54) is 37.4 Å². The molecule has 10 heteroatoms. The molecule has 7 nitrogen and oxygen atoms in total. The fourth-order valence-electron chi connectivity index (χ4n) is 3.01. The van der Waals surface area contributed by atoms with Crippen LogP contribution < -0.4 is 14.8 Å². The first-order chi connectivity index (χ1) is 15.3. The van der Waals surface area contributed by atoms with E-state index in [4.69, 9.17) is 32.4 Å². The van der Waals surface area contributed by atoms with Gasteiger partial charge in [0.15, 0.2) is 17.1 Å². The van der Waals surface area contributed by atoms with Crippen molar-refractivity contribution in [2.75, 3.05) is 17.1 Å². The SMILES string of the molecule is COc1cccc2cc(C(=O)Nc3ccc(S(=O)(=O)Nc4cccc(Cl)c4Cl)cc3)oc12. The molecule has 0 aliphatic heterocycles. The van der Waals surface area contributed by atoms with E-state index in [2.05, 4.69) is 10.0 Å². The summed E-state index contributed by atoms with van der Waals surface area (Å²) in [5, 5.41) is 3.73. The van der Waals surface area contributed by atoms with Crippen LogP contribution >= 0.6 is 23.2 Å². The van der Waals surface area contributed by atoms with Gasteiger partial charge in [-0.1, -0.05) is 41.4 Å². The Bertz CT molecular complexity index is 1420. The second-order valence-corrected chi connectivity index (χ2v) is 9.14. The van der Waals surface area contributed by atoms with Crippen molar-refractivity contribution in [1.29, 1.82) is 0 Å². The van der Waals surface area contributed by atoms with E-state index in [1.807, 2.05) is 0 Å². The predicted molar refractivity (Wildman–Crippen MR) is 124 cm³/mol. The number of hydrogen-bond acceptors (Lipinski definition) is 5. The highest BCUT2D eigenvalue weighted by atomic mass is 35.5. The number of sulfonamides is 1. The Labute approximate surface area is 193 Å². The van der Waals surface area contributed by atoms with Gasteiger partial charge < -0.3 is 14.5 Å². The summed E-state index contributed by atoms with van der Waals surface area (Å²) in [4.78, 5) is 12.6. The molecule has 0 spiro atoms. The standard InChI is InChI=1S/C22H16Cl2N2O5S/c1-30-18-7-2-4-13-12-19(31-21(13)18)22(27)25-14-8-10-15(11-9-14)32(28,29)26-17-6-3-5-16(23)20(17)24/h2-12,26H,1H3,(H,25,27). The third kappa shape index (κ3) is 4.38. The molecule has 0 saturated heterocycles. The number of anilines is 2. The lowest BCUT2D eigenvalue weighted by Crippen LogP contribution is -2.14. The summed E-state index contributed by atoms with van der Waals surface area (Å²) in [7, 11) is -2.40. The summed E-state index contributed by atoms with van der Waals surface area (Å²) in [6, 6.07) is 17.2. The average molecular weight is 491 g/mol. The minimum Gasteiger partial charge on any atom is -0.493 e. The van der Waals surface area contributed by atoms with Gasteiger partial charge in [-0.3, -0.25) is 9.52 Å². The highest BCUT2D eigenvalue weighted by Gasteiger charge is 2.18. The summed E-state index contributed by atoms with van der Waals surface area (Å²) in [6.07, 6.45) is 0. The number of halogens is 2. The zero-order valence-corrected chi connectivity index (χ0v) is 18.9. The number of rotatable bonds is 6. The van der Waals surface area contributed by atoms with Crippen LogP contribution in [-0.2, 0) is 10.0 Å².